The third kappa shape index (κ3) is 3.38. The Labute approximate surface area is 155 Å². The minimum atomic E-state index is -0.791. The Hall–Kier alpha value is -2.57. The van der Waals surface area contributed by atoms with E-state index in [1.165, 1.54) is 17.2 Å². The molecule has 1 amide bonds. The molecule has 7 heteroatoms. The van der Waals surface area contributed by atoms with E-state index in [4.69, 9.17) is 20.8 Å². The molecule has 0 radical (unpaired) electrons. The highest BCUT2D eigenvalue weighted by Crippen LogP contribution is 2.39. The number of amides is 1. The van der Waals surface area contributed by atoms with Crippen LogP contribution in [0.1, 0.15) is 23.8 Å². The second-order valence-corrected chi connectivity index (χ2v) is 6.30. The number of carbonyl (C=O) groups is 2. The van der Waals surface area contributed by atoms with Crippen LogP contribution in [0.2, 0.25) is 5.02 Å². The van der Waals surface area contributed by atoms with Crippen molar-refractivity contribution in [1.82, 2.24) is 4.90 Å². The monoisotopic (exact) mass is 375 g/mol. The molecule has 0 bridgehead atoms. The van der Waals surface area contributed by atoms with Crippen LogP contribution in [-0.4, -0.2) is 42.0 Å². The molecule has 0 saturated carbocycles. The molecule has 26 heavy (non-hydrogen) atoms. The summed E-state index contributed by atoms with van der Waals surface area (Å²) in [7, 11) is 1.57. The first-order valence-electron chi connectivity index (χ1n) is 8.11. The maximum absolute atomic E-state index is 12.6. The van der Waals surface area contributed by atoms with E-state index in [0.29, 0.717) is 35.9 Å². The topological polar surface area (TPSA) is 80.0 Å². The highest BCUT2D eigenvalue weighted by molar-refractivity contribution is 6.46. The van der Waals surface area contributed by atoms with Crippen molar-refractivity contribution in [1.29, 1.82) is 0 Å². The van der Waals surface area contributed by atoms with Crippen molar-refractivity contribution in [3.05, 3.63) is 64.6 Å². The lowest BCUT2D eigenvalue weighted by atomic mass is 9.99. The van der Waals surface area contributed by atoms with Crippen molar-refractivity contribution in [2.75, 3.05) is 20.3 Å². The van der Waals surface area contributed by atoms with E-state index < -0.39 is 17.7 Å². The number of halogens is 1. The molecule has 2 aromatic rings. The largest absolute Gasteiger partial charge is 0.507 e. The van der Waals surface area contributed by atoms with E-state index in [1.54, 1.807) is 37.4 Å². The van der Waals surface area contributed by atoms with Gasteiger partial charge >= 0.3 is 0 Å². The van der Waals surface area contributed by atoms with Crippen LogP contribution in [0.3, 0.4) is 0 Å². The Morgan fingerprint density at radius 2 is 2.12 bits per heavy atom. The highest BCUT2D eigenvalue weighted by atomic mass is 35.5. The maximum Gasteiger partial charge on any atom is 0.295 e. The van der Waals surface area contributed by atoms with Crippen molar-refractivity contribution >= 4 is 29.1 Å². The molecule has 136 valence electrons. The summed E-state index contributed by atoms with van der Waals surface area (Å²) in [4.78, 5) is 26.6. The molecule has 1 aromatic carbocycles. The summed E-state index contributed by atoms with van der Waals surface area (Å²) in [6.07, 6.45) is 2.02. The van der Waals surface area contributed by atoms with Gasteiger partial charge in [-0.3, -0.25) is 9.59 Å². The molecule has 1 N–H and O–H groups in total. The zero-order valence-corrected chi connectivity index (χ0v) is 14.9. The van der Waals surface area contributed by atoms with Gasteiger partial charge in [-0.1, -0.05) is 23.7 Å². The van der Waals surface area contributed by atoms with Crippen molar-refractivity contribution < 1.29 is 23.8 Å². The molecule has 1 aliphatic heterocycles. The van der Waals surface area contributed by atoms with Crippen LogP contribution in [-0.2, 0) is 14.3 Å². The minimum Gasteiger partial charge on any atom is -0.507 e. The number of rotatable bonds is 6. The predicted octanol–water partition coefficient (Wildman–Crippen LogP) is 3.39. The summed E-state index contributed by atoms with van der Waals surface area (Å²) >= 11 is 5.98. The normalized spacial score (nSPS) is 19.3. The van der Waals surface area contributed by atoms with Gasteiger partial charge < -0.3 is 19.2 Å². The smallest absolute Gasteiger partial charge is 0.295 e. The number of carbonyl (C=O) groups excluding carboxylic acids is 2. The SMILES string of the molecule is COCCCN1C(=O)C(=O)/C(=C(\O)c2cccc(Cl)c2)C1c1ccco1. The first-order valence-corrected chi connectivity index (χ1v) is 8.49. The molecule has 6 nitrogen and oxygen atoms in total. The lowest BCUT2D eigenvalue weighted by molar-refractivity contribution is -0.140. The van der Waals surface area contributed by atoms with Gasteiger partial charge in [-0.25, -0.2) is 0 Å². The van der Waals surface area contributed by atoms with Crippen molar-refractivity contribution in [3.8, 4) is 0 Å². The fraction of sp³-hybridized carbons (Fsp3) is 0.263. The summed E-state index contributed by atoms with van der Waals surface area (Å²) in [5.41, 5.74) is 0.355. The van der Waals surface area contributed by atoms with E-state index in [-0.39, 0.29) is 11.3 Å². The van der Waals surface area contributed by atoms with Crippen LogP contribution < -0.4 is 0 Å². The van der Waals surface area contributed by atoms with Gasteiger partial charge in [0, 0.05) is 30.8 Å². The van der Waals surface area contributed by atoms with E-state index in [2.05, 4.69) is 0 Å². The lowest BCUT2D eigenvalue weighted by Crippen LogP contribution is -2.31. The van der Waals surface area contributed by atoms with Gasteiger partial charge in [-0.05, 0) is 30.7 Å². The molecule has 1 aliphatic rings. The molecule has 1 saturated heterocycles. The van der Waals surface area contributed by atoms with Crippen LogP contribution >= 0.6 is 11.6 Å². The van der Waals surface area contributed by atoms with Gasteiger partial charge in [0.1, 0.15) is 17.6 Å². The maximum atomic E-state index is 12.6. The van der Waals surface area contributed by atoms with Crippen LogP contribution in [0.5, 0.6) is 0 Å². The van der Waals surface area contributed by atoms with E-state index in [1.807, 2.05) is 0 Å². The molecular weight excluding hydrogens is 358 g/mol. The number of furan rings is 1. The highest BCUT2D eigenvalue weighted by Gasteiger charge is 2.47. The standard InChI is InChI=1S/C19H18ClNO5/c1-25-9-4-8-21-16(14-7-3-10-26-14)15(18(23)19(21)24)17(22)12-5-2-6-13(20)11-12/h2-3,5-7,10-11,16,22H,4,8-9H2,1H3/b17-15-. The molecule has 1 fully saturated rings. The number of ether oxygens (including phenoxy) is 1. The van der Waals surface area contributed by atoms with Gasteiger partial charge in [-0.15, -0.1) is 0 Å². The molecule has 1 aromatic heterocycles. The number of aliphatic hydroxyl groups is 1. The molecule has 0 spiro atoms. The predicted molar refractivity (Wildman–Crippen MR) is 95.7 cm³/mol. The number of methoxy groups -OCH3 is 1. The number of likely N-dealkylation sites (tertiary alicyclic amines) is 1. The summed E-state index contributed by atoms with van der Waals surface area (Å²) < 4.78 is 10.5. The van der Waals surface area contributed by atoms with Crippen molar-refractivity contribution in [3.63, 3.8) is 0 Å². The lowest BCUT2D eigenvalue weighted by Gasteiger charge is -2.23. The molecule has 1 unspecified atom stereocenters. The number of ketones is 1. The van der Waals surface area contributed by atoms with Crippen molar-refractivity contribution in [2.45, 2.75) is 12.5 Å². The quantitative estimate of drug-likeness (QED) is 0.362. The summed E-state index contributed by atoms with van der Waals surface area (Å²) in [5, 5.41) is 11.2. The van der Waals surface area contributed by atoms with Crippen LogP contribution in [0.15, 0.2) is 52.7 Å². The first-order chi connectivity index (χ1) is 12.5. The molecular formula is C19H18ClNO5. The Morgan fingerprint density at radius 1 is 1.31 bits per heavy atom. The average molecular weight is 376 g/mol. The van der Waals surface area contributed by atoms with Gasteiger partial charge in [0.05, 0.1) is 11.8 Å². The Morgan fingerprint density at radius 3 is 2.77 bits per heavy atom. The second kappa shape index (κ2) is 7.76. The molecule has 1 atom stereocenters. The Kier molecular flexibility index (Phi) is 5.44. The minimum absolute atomic E-state index is 0.00960. The number of hydrogen-bond acceptors (Lipinski definition) is 5. The van der Waals surface area contributed by atoms with E-state index >= 15 is 0 Å². The fourth-order valence-corrected chi connectivity index (χ4v) is 3.21. The first kappa shape index (κ1) is 18.2. The van der Waals surface area contributed by atoms with Crippen LogP contribution in [0.25, 0.3) is 5.76 Å². The van der Waals surface area contributed by atoms with Gasteiger partial charge in [-0.2, -0.15) is 0 Å². The zero-order chi connectivity index (χ0) is 18.7. The number of aliphatic hydroxyl groups excluding tert-OH is 1. The Bertz CT molecular complexity index is 843. The summed E-state index contributed by atoms with van der Waals surface area (Å²) in [5.74, 6) is -1.29. The van der Waals surface area contributed by atoms with Crippen LogP contribution in [0.4, 0.5) is 0 Å². The van der Waals surface area contributed by atoms with Gasteiger partial charge in [0.25, 0.3) is 11.7 Å². The molecule has 0 aliphatic carbocycles. The van der Waals surface area contributed by atoms with Crippen molar-refractivity contribution in [2.24, 2.45) is 0 Å². The third-order valence-corrected chi connectivity index (χ3v) is 4.43. The Balaban J connectivity index is 2.08. The van der Waals surface area contributed by atoms with Gasteiger partial charge in [0.2, 0.25) is 0 Å². The number of nitrogens with zero attached hydrogens (tertiary/aromatic N) is 1. The number of hydrogen-bond donors (Lipinski definition) is 1. The number of Topliss-reactive ketones (excluding diaryl/α,β-unsaturated/α-hetero) is 1. The van der Waals surface area contributed by atoms with E-state index in [9.17, 15) is 14.7 Å². The summed E-state index contributed by atoms with van der Waals surface area (Å²) in [6, 6.07) is 9.03. The fourth-order valence-electron chi connectivity index (χ4n) is 3.02. The van der Waals surface area contributed by atoms with Crippen LogP contribution in [0, 0.1) is 0 Å². The van der Waals surface area contributed by atoms with Gasteiger partial charge in [0.15, 0.2) is 0 Å². The second-order valence-electron chi connectivity index (χ2n) is 5.86. The van der Waals surface area contributed by atoms with E-state index in [0.717, 1.165) is 0 Å². The zero-order valence-electron chi connectivity index (χ0n) is 14.1. The number of benzene rings is 1. The average Bonchev–Trinajstić information content (AvgIpc) is 3.23. The molecule has 2 heterocycles. The molecule has 3 rings (SSSR count). The summed E-state index contributed by atoms with van der Waals surface area (Å²) in [6.45, 7) is 0.748. The third-order valence-electron chi connectivity index (χ3n) is 4.20.